The Morgan fingerprint density at radius 2 is 2.09 bits per heavy atom. The average molecular weight is 330 g/mol. The van der Waals surface area contributed by atoms with Gasteiger partial charge in [0.05, 0.1) is 6.42 Å². The fourth-order valence-corrected chi connectivity index (χ4v) is 3.18. The molecular formula is C18H20ClN3O. The van der Waals surface area contributed by atoms with Crippen molar-refractivity contribution < 1.29 is 4.79 Å². The van der Waals surface area contributed by atoms with E-state index in [1.807, 2.05) is 42.5 Å². The third-order valence-corrected chi connectivity index (χ3v) is 4.53. The lowest BCUT2D eigenvalue weighted by Crippen LogP contribution is -2.41. The lowest BCUT2D eigenvalue weighted by atomic mass is 10.1. The smallest absolute Gasteiger partial charge is 0.224 e. The Morgan fingerprint density at radius 1 is 1.26 bits per heavy atom. The van der Waals surface area contributed by atoms with Gasteiger partial charge in [0.2, 0.25) is 5.91 Å². The molecule has 1 aliphatic rings. The molecule has 2 heterocycles. The molecule has 1 saturated heterocycles. The average Bonchev–Trinajstić information content (AvgIpc) is 3.04. The number of rotatable bonds is 5. The minimum absolute atomic E-state index is 0.00553. The Hall–Kier alpha value is -2.07. The van der Waals surface area contributed by atoms with E-state index in [4.69, 9.17) is 11.6 Å². The Kier molecular flexibility index (Phi) is 5.13. The van der Waals surface area contributed by atoms with Crippen LogP contribution in [0.25, 0.3) is 0 Å². The highest BCUT2D eigenvalue weighted by atomic mass is 35.5. The number of aromatic nitrogens is 1. The van der Waals surface area contributed by atoms with Crippen LogP contribution in [0.3, 0.4) is 0 Å². The van der Waals surface area contributed by atoms with Crippen LogP contribution in [0.15, 0.2) is 48.7 Å². The van der Waals surface area contributed by atoms with Crippen LogP contribution in [0.5, 0.6) is 0 Å². The van der Waals surface area contributed by atoms with E-state index in [9.17, 15) is 4.79 Å². The van der Waals surface area contributed by atoms with Crippen molar-refractivity contribution in [2.24, 2.45) is 0 Å². The number of hydrogen-bond acceptors (Lipinski definition) is 3. The van der Waals surface area contributed by atoms with Gasteiger partial charge in [-0.25, -0.2) is 4.98 Å². The Bertz CT molecular complexity index is 662. The predicted octanol–water partition coefficient (Wildman–Crippen LogP) is 3.06. The number of nitrogens with one attached hydrogen (secondary N) is 1. The monoisotopic (exact) mass is 329 g/mol. The fraction of sp³-hybridized carbons (Fsp3) is 0.333. The predicted molar refractivity (Wildman–Crippen MR) is 92.8 cm³/mol. The van der Waals surface area contributed by atoms with E-state index in [0.29, 0.717) is 24.0 Å². The summed E-state index contributed by atoms with van der Waals surface area (Å²) in [5.41, 5.74) is 0.861. The van der Waals surface area contributed by atoms with Crippen molar-refractivity contribution in [3.05, 3.63) is 59.2 Å². The lowest BCUT2D eigenvalue weighted by molar-refractivity contribution is -0.120. The summed E-state index contributed by atoms with van der Waals surface area (Å²) in [6.45, 7) is 1.63. The summed E-state index contributed by atoms with van der Waals surface area (Å²) in [6, 6.07) is 13.7. The van der Waals surface area contributed by atoms with Crippen LogP contribution in [0.2, 0.25) is 5.02 Å². The maximum absolute atomic E-state index is 12.2. The first kappa shape index (κ1) is 15.8. The molecule has 0 bridgehead atoms. The van der Waals surface area contributed by atoms with Gasteiger partial charge >= 0.3 is 0 Å². The molecule has 1 aromatic carbocycles. The molecule has 0 aliphatic carbocycles. The highest BCUT2D eigenvalue weighted by Crippen LogP contribution is 2.23. The summed E-state index contributed by atoms with van der Waals surface area (Å²) in [5, 5.41) is 3.67. The van der Waals surface area contributed by atoms with Gasteiger partial charge in [-0.15, -0.1) is 0 Å². The molecule has 4 nitrogen and oxygen atoms in total. The van der Waals surface area contributed by atoms with Crippen molar-refractivity contribution in [1.29, 1.82) is 0 Å². The Balaban J connectivity index is 1.55. The van der Waals surface area contributed by atoms with Crippen molar-refractivity contribution in [3.63, 3.8) is 0 Å². The summed E-state index contributed by atoms with van der Waals surface area (Å²) >= 11 is 6.10. The molecular weight excluding hydrogens is 310 g/mol. The van der Waals surface area contributed by atoms with Gasteiger partial charge in [-0.05, 0) is 36.6 Å². The largest absolute Gasteiger partial charge is 0.354 e. The van der Waals surface area contributed by atoms with E-state index < -0.39 is 0 Å². The topological polar surface area (TPSA) is 45.2 Å². The lowest BCUT2D eigenvalue weighted by Gasteiger charge is -2.25. The molecule has 0 saturated carbocycles. The van der Waals surface area contributed by atoms with Gasteiger partial charge in [0.1, 0.15) is 5.82 Å². The van der Waals surface area contributed by atoms with Crippen molar-refractivity contribution in [3.8, 4) is 0 Å². The van der Waals surface area contributed by atoms with Gasteiger partial charge in [0.25, 0.3) is 0 Å². The van der Waals surface area contributed by atoms with Crippen LogP contribution >= 0.6 is 11.6 Å². The molecule has 0 radical (unpaired) electrons. The summed E-state index contributed by atoms with van der Waals surface area (Å²) in [4.78, 5) is 18.8. The molecule has 23 heavy (non-hydrogen) atoms. The number of pyridine rings is 1. The van der Waals surface area contributed by atoms with E-state index in [1.165, 1.54) is 0 Å². The number of nitrogens with zero attached hydrogens (tertiary/aromatic N) is 2. The molecule has 0 unspecified atom stereocenters. The molecule has 5 heteroatoms. The van der Waals surface area contributed by atoms with Crippen LogP contribution in [-0.4, -0.2) is 30.0 Å². The number of amides is 1. The highest BCUT2D eigenvalue weighted by Gasteiger charge is 2.25. The summed E-state index contributed by atoms with van der Waals surface area (Å²) < 4.78 is 0. The van der Waals surface area contributed by atoms with Gasteiger partial charge in [-0.3, -0.25) is 4.79 Å². The number of carbonyl (C=O) groups is 1. The molecule has 0 spiro atoms. The molecule has 1 atom stereocenters. The minimum atomic E-state index is 0.00553. The number of hydrogen-bond donors (Lipinski definition) is 1. The van der Waals surface area contributed by atoms with Gasteiger partial charge in [-0.1, -0.05) is 35.9 Å². The zero-order valence-electron chi connectivity index (χ0n) is 12.9. The Labute approximate surface area is 141 Å². The second-order valence-electron chi connectivity index (χ2n) is 5.75. The van der Waals surface area contributed by atoms with E-state index in [1.54, 1.807) is 6.20 Å². The molecule has 120 valence electrons. The fourth-order valence-electron chi connectivity index (χ4n) is 2.98. The second-order valence-corrected chi connectivity index (χ2v) is 6.16. The summed E-state index contributed by atoms with van der Waals surface area (Å²) in [6.07, 6.45) is 4.32. The van der Waals surface area contributed by atoms with Crippen LogP contribution in [-0.2, 0) is 11.2 Å². The second kappa shape index (κ2) is 7.47. The molecule has 1 N–H and O–H groups in total. The molecule has 3 rings (SSSR count). The normalized spacial score (nSPS) is 17.3. The van der Waals surface area contributed by atoms with Crippen molar-refractivity contribution in [2.75, 3.05) is 18.0 Å². The van der Waals surface area contributed by atoms with Crippen LogP contribution in [0.1, 0.15) is 18.4 Å². The number of anilines is 1. The molecule has 1 fully saturated rings. The maximum Gasteiger partial charge on any atom is 0.224 e. The van der Waals surface area contributed by atoms with Crippen molar-refractivity contribution in [1.82, 2.24) is 10.3 Å². The molecule has 2 aromatic rings. The standard InChI is InChI=1S/C18H20ClN3O/c19-16-8-2-1-6-14(16)12-18(23)21-13-15-7-5-11-22(15)17-9-3-4-10-20-17/h1-4,6,8-10,15H,5,7,11-13H2,(H,21,23)/t15-/m1/s1. The van der Waals surface area contributed by atoms with E-state index >= 15 is 0 Å². The van der Waals surface area contributed by atoms with Gasteiger partial charge < -0.3 is 10.2 Å². The minimum Gasteiger partial charge on any atom is -0.354 e. The molecule has 1 aliphatic heterocycles. The first-order chi connectivity index (χ1) is 11.2. The third kappa shape index (κ3) is 4.02. The van der Waals surface area contributed by atoms with E-state index in [2.05, 4.69) is 15.2 Å². The maximum atomic E-state index is 12.2. The van der Waals surface area contributed by atoms with Gasteiger partial charge in [0.15, 0.2) is 0 Å². The first-order valence-corrected chi connectivity index (χ1v) is 8.29. The highest BCUT2D eigenvalue weighted by molar-refractivity contribution is 6.31. The van der Waals surface area contributed by atoms with Crippen molar-refractivity contribution in [2.45, 2.75) is 25.3 Å². The quantitative estimate of drug-likeness (QED) is 0.917. The molecule has 1 aromatic heterocycles. The third-order valence-electron chi connectivity index (χ3n) is 4.16. The number of benzene rings is 1. The summed E-state index contributed by atoms with van der Waals surface area (Å²) in [5.74, 6) is 0.987. The number of halogens is 1. The van der Waals surface area contributed by atoms with Crippen LogP contribution in [0.4, 0.5) is 5.82 Å². The first-order valence-electron chi connectivity index (χ1n) is 7.92. The van der Waals surface area contributed by atoms with E-state index in [0.717, 1.165) is 30.8 Å². The zero-order valence-corrected chi connectivity index (χ0v) is 13.7. The zero-order chi connectivity index (χ0) is 16.1. The number of carbonyl (C=O) groups excluding carboxylic acids is 1. The Morgan fingerprint density at radius 3 is 2.87 bits per heavy atom. The van der Waals surface area contributed by atoms with Gasteiger partial charge in [0, 0.05) is 30.4 Å². The van der Waals surface area contributed by atoms with Crippen molar-refractivity contribution >= 4 is 23.3 Å². The molecule has 1 amide bonds. The van der Waals surface area contributed by atoms with E-state index in [-0.39, 0.29) is 5.91 Å². The SMILES string of the molecule is O=C(Cc1ccccc1Cl)NC[C@H]1CCCN1c1ccccn1. The van der Waals surface area contributed by atoms with Gasteiger partial charge in [-0.2, -0.15) is 0 Å². The van der Waals surface area contributed by atoms with Crippen LogP contribution in [0, 0.1) is 0 Å². The van der Waals surface area contributed by atoms with Crippen LogP contribution < -0.4 is 10.2 Å². The summed E-state index contributed by atoms with van der Waals surface area (Å²) in [7, 11) is 0.